The van der Waals surface area contributed by atoms with Gasteiger partial charge in [0.15, 0.2) is 0 Å². The van der Waals surface area contributed by atoms with Gasteiger partial charge >= 0.3 is 0 Å². The number of carbonyl (C=O) groups is 1. The Morgan fingerprint density at radius 3 is 2.88 bits per heavy atom. The summed E-state index contributed by atoms with van der Waals surface area (Å²) in [6.07, 6.45) is 1.32. The van der Waals surface area contributed by atoms with E-state index in [0.29, 0.717) is 6.61 Å². The van der Waals surface area contributed by atoms with Crippen molar-refractivity contribution >= 4 is 11.6 Å². The summed E-state index contributed by atoms with van der Waals surface area (Å²) < 4.78 is 5.33. The largest absolute Gasteiger partial charge is 0.368 e. The number of benzene rings is 1. The topological polar surface area (TPSA) is 55.6 Å². The highest BCUT2D eigenvalue weighted by molar-refractivity contribution is 5.96. The first-order chi connectivity index (χ1) is 7.70. The predicted octanol–water partition coefficient (Wildman–Crippen LogP) is 1.38. The summed E-state index contributed by atoms with van der Waals surface area (Å²) in [6.45, 7) is 2.58. The summed E-state index contributed by atoms with van der Waals surface area (Å²) in [5.41, 5.74) is 1.72. The van der Waals surface area contributed by atoms with Crippen LogP contribution in [0.5, 0.6) is 0 Å². The number of hydrazine groups is 1. The van der Waals surface area contributed by atoms with Crippen molar-refractivity contribution in [3.63, 3.8) is 0 Å². The maximum Gasteiger partial charge on any atom is 0.270 e. The van der Waals surface area contributed by atoms with E-state index in [1.807, 2.05) is 31.2 Å². The molecule has 1 unspecified atom stereocenters. The fraction of sp³-hybridized carbons (Fsp3) is 0.417. The molecule has 4 nitrogen and oxygen atoms in total. The number of aryl methyl sites for hydroxylation is 1. The number of hydrogen-bond acceptors (Lipinski definition) is 3. The van der Waals surface area contributed by atoms with E-state index in [1.165, 1.54) is 5.01 Å². The molecule has 1 aliphatic heterocycles. The first-order valence-electron chi connectivity index (χ1n) is 5.46. The van der Waals surface area contributed by atoms with E-state index in [0.717, 1.165) is 24.1 Å². The Bertz CT molecular complexity index is 386. The van der Waals surface area contributed by atoms with Gasteiger partial charge in [-0.05, 0) is 31.4 Å². The molecular formula is C12H16N2O2. The lowest BCUT2D eigenvalue weighted by Gasteiger charge is -2.21. The molecule has 0 saturated carbocycles. The summed E-state index contributed by atoms with van der Waals surface area (Å²) >= 11 is 0. The Morgan fingerprint density at radius 2 is 2.25 bits per heavy atom. The van der Waals surface area contributed by atoms with E-state index in [2.05, 4.69) is 0 Å². The van der Waals surface area contributed by atoms with Crippen molar-refractivity contribution in [1.29, 1.82) is 0 Å². The van der Waals surface area contributed by atoms with E-state index in [-0.39, 0.29) is 12.0 Å². The molecule has 0 bridgehead atoms. The van der Waals surface area contributed by atoms with E-state index in [4.69, 9.17) is 10.6 Å². The maximum atomic E-state index is 12.0. The summed E-state index contributed by atoms with van der Waals surface area (Å²) in [6, 6.07) is 7.55. The minimum absolute atomic E-state index is 0.160. The van der Waals surface area contributed by atoms with Crippen LogP contribution in [0.4, 0.5) is 5.69 Å². The Balaban J connectivity index is 2.15. The van der Waals surface area contributed by atoms with Gasteiger partial charge in [0, 0.05) is 6.61 Å². The number of amides is 1. The van der Waals surface area contributed by atoms with Gasteiger partial charge in [-0.3, -0.25) is 4.79 Å². The number of rotatable bonds is 2. The Hall–Kier alpha value is -1.39. The average molecular weight is 220 g/mol. The third-order valence-electron chi connectivity index (χ3n) is 2.82. The summed E-state index contributed by atoms with van der Waals surface area (Å²) in [4.78, 5) is 12.0. The first-order valence-corrected chi connectivity index (χ1v) is 5.46. The third kappa shape index (κ3) is 2.08. The van der Waals surface area contributed by atoms with Crippen molar-refractivity contribution in [2.75, 3.05) is 11.6 Å². The first kappa shape index (κ1) is 11.1. The molecule has 1 aromatic rings. The molecule has 2 N–H and O–H groups in total. The third-order valence-corrected chi connectivity index (χ3v) is 2.82. The Kier molecular flexibility index (Phi) is 3.22. The number of hydrogen-bond donors (Lipinski definition) is 1. The molecule has 1 heterocycles. The van der Waals surface area contributed by atoms with E-state index >= 15 is 0 Å². The highest BCUT2D eigenvalue weighted by atomic mass is 16.5. The maximum absolute atomic E-state index is 12.0. The smallest absolute Gasteiger partial charge is 0.270 e. The number of ether oxygens (including phenoxy) is 1. The van der Waals surface area contributed by atoms with Gasteiger partial charge in [-0.1, -0.05) is 18.2 Å². The van der Waals surface area contributed by atoms with Crippen molar-refractivity contribution in [3.8, 4) is 0 Å². The van der Waals surface area contributed by atoms with Gasteiger partial charge < -0.3 is 4.74 Å². The van der Waals surface area contributed by atoms with Crippen molar-refractivity contribution in [1.82, 2.24) is 0 Å². The number of nitrogens with zero attached hydrogens (tertiary/aromatic N) is 1. The Morgan fingerprint density at radius 1 is 1.50 bits per heavy atom. The van der Waals surface area contributed by atoms with Crippen LogP contribution in [0.3, 0.4) is 0 Å². The lowest BCUT2D eigenvalue weighted by atomic mass is 10.1. The minimum atomic E-state index is -0.371. The van der Waals surface area contributed by atoms with Gasteiger partial charge in [-0.25, -0.2) is 10.9 Å². The normalized spacial score (nSPS) is 19.8. The van der Waals surface area contributed by atoms with Crippen LogP contribution in [0.15, 0.2) is 24.3 Å². The predicted molar refractivity (Wildman–Crippen MR) is 61.8 cm³/mol. The molecule has 0 aliphatic carbocycles. The second-order valence-electron chi connectivity index (χ2n) is 4.00. The molecule has 1 amide bonds. The number of carbonyl (C=O) groups excluding carboxylic acids is 1. The van der Waals surface area contributed by atoms with E-state index in [9.17, 15) is 4.79 Å². The van der Waals surface area contributed by atoms with Crippen molar-refractivity contribution in [2.45, 2.75) is 25.9 Å². The van der Waals surface area contributed by atoms with Crippen LogP contribution < -0.4 is 10.9 Å². The second-order valence-corrected chi connectivity index (χ2v) is 4.00. The molecule has 86 valence electrons. The highest BCUT2D eigenvalue weighted by Crippen LogP contribution is 2.20. The lowest BCUT2D eigenvalue weighted by molar-refractivity contribution is -0.127. The van der Waals surface area contributed by atoms with Gasteiger partial charge in [0.25, 0.3) is 5.91 Å². The quantitative estimate of drug-likeness (QED) is 0.465. The van der Waals surface area contributed by atoms with Crippen LogP contribution in [0.2, 0.25) is 0 Å². The second kappa shape index (κ2) is 4.63. The molecule has 1 atom stereocenters. The van der Waals surface area contributed by atoms with Crippen LogP contribution in [-0.2, 0) is 9.53 Å². The number of para-hydroxylation sites is 1. The molecular weight excluding hydrogens is 204 g/mol. The van der Waals surface area contributed by atoms with Crippen LogP contribution in [0.1, 0.15) is 18.4 Å². The standard InChI is InChI=1S/C12H16N2O2/c1-9-5-2-3-6-10(9)14(13)12(15)11-7-4-8-16-11/h2-3,5-6,11H,4,7-8,13H2,1H3. The molecule has 4 heteroatoms. The van der Waals surface area contributed by atoms with E-state index in [1.54, 1.807) is 0 Å². The average Bonchev–Trinajstić information content (AvgIpc) is 2.81. The lowest BCUT2D eigenvalue weighted by Crippen LogP contribution is -2.44. The number of anilines is 1. The number of nitrogens with two attached hydrogens (primary N) is 1. The molecule has 1 aromatic carbocycles. The van der Waals surface area contributed by atoms with Gasteiger partial charge in [-0.2, -0.15) is 0 Å². The summed E-state index contributed by atoms with van der Waals surface area (Å²) in [5, 5.41) is 1.20. The monoisotopic (exact) mass is 220 g/mol. The zero-order chi connectivity index (χ0) is 11.5. The van der Waals surface area contributed by atoms with Crippen molar-refractivity contribution in [2.24, 2.45) is 5.84 Å². The van der Waals surface area contributed by atoms with Crippen LogP contribution >= 0.6 is 0 Å². The fourth-order valence-electron chi connectivity index (χ4n) is 1.88. The molecule has 0 radical (unpaired) electrons. The SMILES string of the molecule is Cc1ccccc1N(N)C(=O)C1CCCO1. The molecule has 1 fully saturated rings. The van der Waals surface area contributed by atoms with Gasteiger partial charge in [0.1, 0.15) is 6.10 Å². The molecule has 16 heavy (non-hydrogen) atoms. The zero-order valence-corrected chi connectivity index (χ0v) is 9.35. The molecule has 2 rings (SSSR count). The van der Waals surface area contributed by atoms with E-state index < -0.39 is 0 Å². The van der Waals surface area contributed by atoms with Crippen LogP contribution in [0.25, 0.3) is 0 Å². The van der Waals surface area contributed by atoms with Gasteiger partial charge in [0.05, 0.1) is 5.69 Å². The van der Waals surface area contributed by atoms with Crippen LogP contribution in [-0.4, -0.2) is 18.6 Å². The minimum Gasteiger partial charge on any atom is -0.368 e. The summed E-state index contributed by atoms with van der Waals surface area (Å²) in [5.74, 6) is 5.66. The van der Waals surface area contributed by atoms with Gasteiger partial charge in [0.2, 0.25) is 0 Å². The van der Waals surface area contributed by atoms with Crippen molar-refractivity contribution < 1.29 is 9.53 Å². The molecule has 0 aromatic heterocycles. The zero-order valence-electron chi connectivity index (χ0n) is 9.35. The van der Waals surface area contributed by atoms with Crippen LogP contribution in [0, 0.1) is 6.92 Å². The van der Waals surface area contributed by atoms with Gasteiger partial charge in [-0.15, -0.1) is 0 Å². The molecule has 1 saturated heterocycles. The fourth-order valence-corrected chi connectivity index (χ4v) is 1.88. The Labute approximate surface area is 95.0 Å². The summed E-state index contributed by atoms with van der Waals surface area (Å²) in [7, 11) is 0. The molecule has 0 spiro atoms. The molecule has 1 aliphatic rings. The van der Waals surface area contributed by atoms with Crippen molar-refractivity contribution in [3.05, 3.63) is 29.8 Å². The highest BCUT2D eigenvalue weighted by Gasteiger charge is 2.28.